The molecule has 1 nitrogen and oxygen atoms in total. The molecule has 0 fully saturated rings. The van der Waals surface area contributed by atoms with Gasteiger partial charge in [0.15, 0.2) is 0 Å². The lowest BCUT2D eigenvalue weighted by Crippen LogP contribution is -2.34. The zero-order valence-electron chi connectivity index (χ0n) is 7.25. The fourth-order valence-corrected chi connectivity index (χ4v) is 1.42. The van der Waals surface area contributed by atoms with Gasteiger partial charge in [-0.15, -0.1) is 0 Å². The van der Waals surface area contributed by atoms with Gasteiger partial charge in [0.1, 0.15) is 0 Å². The summed E-state index contributed by atoms with van der Waals surface area (Å²) in [6.45, 7) is -0.101. The Morgan fingerprint density at radius 1 is 1.14 bits per heavy atom. The zero-order chi connectivity index (χ0) is 10.2. The molecule has 0 saturated carbocycles. The average molecular weight is 199 g/mol. The first-order valence-electron chi connectivity index (χ1n) is 4.17. The molecule has 1 aromatic carbocycles. The van der Waals surface area contributed by atoms with E-state index in [1.165, 1.54) is 6.08 Å². The summed E-state index contributed by atoms with van der Waals surface area (Å²) < 4.78 is 36.9. The molecule has 0 spiro atoms. The molecular weight excluding hydrogens is 191 g/mol. The van der Waals surface area contributed by atoms with Gasteiger partial charge in [0.25, 0.3) is 0 Å². The molecule has 1 aromatic rings. The van der Waals surface area contributed by atoms with Crippen molar-refractivity contribution in [3.05, 3.63) is 41.6 Å². The van der Waals surface area contributed by atoms with Crippen LogP contribution in [0.15, 0.2) is 30.5 Å². The van der Waals surface area contributed by atoms with Gasteiger partial charge in [-0.3, -0.25) is 4.90 Å². The number of hydrogen-bond donors (Lipinski definition) is 0. The molecule has 0 atom stereocenters. The van der Waals surface area contributed by atoms with Crippen molar-refractivity contribution in [3.63, 3.8) is 0 Å². The first kappa shape index (κ1) is 9.12. The molecule has 0 aromatic heterocycles. The van der Waals surface area contributed by atoms with Crippen molar-refractivity contribution < 1.29 is 13.2 Å². The van der Waals surface area contributed by atoms with Crippen molar-refractivity contribution in [3.8, 4) is 0 Å². The standard InChI is InChI=1S/C10H8F3N/c11-10(12,13)14-6-5-8-3-1-2-4-9(8)7-14/h1-6H,7H2. The first-order valence-corrected chi connectivity index (χ1v) is 4.17. The topological polar surface area (TPSA) is 3.24 Å². The molecule has 1 aliphatic heterocycles. The lowest BCUT2D eigenvalue weighted by Gasteiger charge is -2.26. The Morgan fingerprint density at radius 3 is 2.57 bits per heavy atom. The predicted octanol–water partition coefficient (Wildman–Crippen LogP) is 2.99. The number of alkyl halides is 3. The maximum Gasteiger partial charge on any atom is 0.484 e. The van der Waals surface area contributed by atoms with E-state index in [4.69, 9.17) is 0 Å². The summed E-state index contributed by atoms with van der Waals surface area (Å²) in [6.07, 6.45) is -1.74. The van der Waals surface area contributed by atoms with Crippen LogP contribution in [0.1, 0.15) is 11.1 Å². The lowest BCUT2D eigenvalue weighted by molar-refractivity contribution is -0.230. The predicted molar refractivity (Wildman–Crippen MR) is 47.1 cm³/mol. The fraction of sp³-hybridized carbons (Fsp3) is 0.200. The highest BCUT2D eigenvalue weighted by atomic mass is 19.4. The van der Waals surface area contributed by atoms with E-state index in [1.807, 2.05) is 6.07 Å². The Bertz CT molecular complexity index is 368. The quantitative estimate of drug-likeness (QED) is 0.580. The third kappa shape index (κ3) is 1.60. The second-order valence-electron chi connectivity index (χ2n) is 3.11. The van der Waals surface area contributed by atoms with Crippen LogP contribution in [0.25, 0.3) is 6.08 Å². The van der Waals surface area contributed by atoms with Crippen molar-refractivity contribution in [2.45, 2.75) is 12.8 Å². The molecule has 74 valence electrons. The van der Waals surface area contributed by atoms with Gasteiger partial charge < -0.3 is 0 Å². The monoisotopic (exact) mass is 199 g/mol. The van der Waals surface area contributed by atoms with Crippen LogP contribution >= 0.6 is 0 Å². The molecule has 0 N–H and O–H groups in total. The van der Waals surface area contributed by atoms with Gasteiger partial charge in [-0.25, -0.2) is 0 Å². The van der Waals surface area contributed by atoms with Crippen LogP contribution < -0.4 is 0 Å². The molecule has 0 radical (unpaired) electrons. The summed E-state index contributed by atoms with van der Waals surface area (Å²) in [7, 11) is 0. The molecule has 1 aliphatic rings. The largest absolute Gasteiger partial charge is 0.484 e. The number of benzene rings is 1. The van der Waals surface area contributed by atoms with Gasteiger partial charge in [0, 0.05) is 6.20 Å². The van der Waals surface area contributed by atoms with Gasteiger partial charge in [-0.2, -0.15) is 13.2 Å². The smallest absolute Gasteiger partial charge is 0.286 e. The van der Waals surface area contributed by atoms with Crippen molar-refractivity contribution in [1.29, 1.82) is 0 Å². The van der Waals surface area contributed by atoms with Crippen LogP contribution in [0.5, 0.6) is 0 Å². The summed E-state index contributed by atoms with van der Waals surface area (Å²) in [5, 5.41) is 0. The highest BCUT2D eigenvalue weighted by molar-refractivity contribution is 5.55. The summed E-state index contributed by atoms with van der Waals surface area (Å²) in [5.41, 5.74) is 1.56. The van der Waals surface area contributed by atoms with E-state index < -0.39 is 6.30 Å². The van der Waals surface area contributed by atoms with Gasteiger partial charge in [0.05, 0.1) is 6.54 Å². The van der Waals surface area contributed by atoms with E-state index in [1.54, 1.807) is 18.2 Å². The van der Waals surface area contributed by atoms with Crippen LogP contribution in [0.4, 0.5) is 13.2 Å². The summed E-state index contributed by atoms with van der Waals surface area (Å²) in [4.78, 5) is 0.370. The van der Waals surface area contributed by atoms with Gasteiger partial charge in [-0.1, -0.05) is 24.3 Å². The Labute approximate surface area is 79.5 Å². The number of fused-ring (bicyclic) bond motifs is 1. The van der Waals surface area contributed by atoms with Crippen molar-refractivity contribution >= 4 is 6.08 Å². The minimum absolute atomic E-state index is 0.101. The van der Waals surface area contributed by atoms with Crippen LogP contribution in [-0.4, -0.2) is 11.2 Å². The summed E-state index contributed by atoms with van der Waals surface area (Å²) in [5.74, 6) is 0. The number of hydrogen-bond acceptors (Lipinski definition) is 1. The third-order valence-electron chi connectivity index (χ3n) is 2.16. The number of rotatable bonds is 0. The molecule has 0 aliphatic carbocycles. The minimum atomic E-state index is -4.29. The van der Waals surface area contributed by atoms with Crippen LogP contribution in [-0.2, 0) is 6.54 Å². The molecule has 0 amide bonds. The van der Waals surface area contributed by atoms with Crippen LogP contribution in [0.2, 0.25) is 0 Å². The molecule has 0 saturated heterocycles. The molecule has 0 unspecified atom stereocenters. The summed E-state index contributed by atoms with van der Waals surface area (Å²) in [6, 6.07) is 7.07. The Balaban J connectivity index is 2.30. The Hall–Kier alpha value is -1.45. The Kier molecular flexibility index (Phi) is 1.98. The van der Waals surface area contributed by atoms with E-state index in [0.29, 0.717) is 10.5 Å². The van der Waals surface area contributed by atoms with E-state index in [9.17, 15) is 13.2 Å². The molecule has 1 heterocycles. The first-order chi connectivity index (χ1) is 6.57. The highest BCUT2D eigenvalue weighted by Crippen LogP contribution is 2.28. The normalized spacial score (nSPS) is 15.5. The molecule has 2 rings (SSSR count). The molecule has 14 heavy (non-hydrogen) atoms. The fourth-order valence-electron chi connectivity index (χ4n) is 1.42. The maximum atomic E-state index is 12.3. The molecule has 4 heteroatoms. The zero-order valence-corrected chi connectivity index (χ0v) is 7.25. The average Bonchev–Trinajstić information content (AvgIpc) is 2.16. The van der Waals surface area contributed by atoms with Gasteiger partial charge in [0.2, 0.25) is 0 Å². The van der Waals surface area contributed by atoms with E-state index in [-0.39, 0.29) is 6.54 Å². The van der Waals surface area contributed by atoms with Crippen LogP contribution in [0, 0.1) is 0 Å². The van der Waals surface area contributed by atoms with Crippen molar-refractivity contribution in [2.75, 3.05) is 0 Å². The third-order valence-corrected chi connectivity index (χ3v) is 2.16. The highest BCUT2D eigenvalue weighted by Gasteiger charge is 2.36. The lowest BCUT2D eigenvalue weighted by atomic mass is 10.0. The maximum absolute atomic E-state index is 12.3. The van der Waals surface area contributed by atoms with Crippen molar-refractivity contribution in [1.82, 2.24) is 4.90 Å². The number of nitrogens with zero attached hydrogens (tertiary/aromatic N) is 1. The number of halogens is 3. The Morgan fingerprint density at radius 2 is 1.86 bits per heavy atom. The SMILES string of the molecule is FC(F)(F)N1C=Cc2ccccc2C1. The second-order valence-corrected chi connectivity index (χ2v) is 3.11. The summed E-state index contributed by atoms with van der Waals surface area (Å²) >= 11 is 0. The van der Waals surface area contributed by atoms with Crippen molar-refractivity contribution in [2.24, 2.45) is 0 Å². The van der Waals surface area contributed by atoms with E-state index >= 15 is 0 Å². The van der Waals surface area contributed by atoms with Gasteiger partial charge in [-0.05, 0) is 17.2 Å². The van der Waals surface area contributed by atoms with Gasteiger partial charge >= 0.3 is 6.30 Å². The molecular formula is C10H8F3N. The minimum Gasteiger partial charge on any atom is -0.286 e. The molecule has 0 bridgehead atoms. The second kappa shape index (κ2) is 3.04. The van der Waals surface area contributed by atoms with Crippen LogP contribution in [0.3, 0.4) is 0 Å². The van der Waals surface area contributed by atoms with E-state index in [0.717, 1.165) is 11.8 Å². The van der Waals surface area contributed by atoms with E-state index in [2.05, 4.69) is 0 Å².